The molecule has 5 nitrogen and oxygen atoms in total. The van der Waals surface area contributed by atoms with Crippen LogP contribution >= 0.6 is 11.8 Å². The van der Waals surface area contributed by atoms with Gasteiger partial charge in [0.2, 0.25) is 5.91 Å². The van der Waals surface area contributed by atoms with Crippen LogP contribution in [0.15, 0.2) is 0 Å². The van der Waals surface area contributed by atoms with Gasteiger partial charge in [-0.2, -0.15) is 0 Å². The van der Waals surface area contributed by atoms with Crippen LogP contribution in [0.5, 0.6) is 0 Å². The van der Waals surface area contributed by atoms with E-state index in [0.29, 0.717) is 29.9 Å². The monoisotopic (exact) mass is 302 g/mol. The Morgan fingerprint density at radius 2 is 2.05 bits per heavy atom. The Hall–Kier alpha value is -0.750. The predicted molar refractivity (Wildman–Crippen MR) is 82.0 cm³/mol. The zero-order valence-electron chi connectivity index (χ0n) is 12.2. The molecule has 20 heavy (non-hydrogen) atoms. The van der Waals surface area contributed by atoms with Crippen LogP contribution in [0, 0.1) is 5.92 Å². The molecule has 6 heteroatoms. The van der Waals surface area contributed by atoms with Gasteiger partial charge in [-0.3, -0.25) is 9.59 Å². The van der Waals surface area contributed by atoms with Crippen LogP contribution in [0.4, 0.5) is 0 Å². The van der Waals surface area contributed by atoms with Gasteiger partial charge < -0.3 is 15.7 Å². The van der Waals surface area contributed by atoms with Crippen molar-refractivity contribution in [2.45, 2.75) is 44.3 Å². The van der Waals surface area contributed by atoms with Gasteiger partial charge in [0.15, 0.2) is 0 Å². The molecule has 0 radical (unpaired) electrons. The fourth-order valence-corrected chi connectivity index (χ4v) is 3.24. The number of carboxylic acids is 1. The summed E-state index contributed by atoms with van der Waals surface area (Å²) in [5.41, 5.74) is 0. The fraction of sp³-hybridized carbons (Fsp3) is 0.857. The third-order valence-electron chi connectivity index (χ3n) is 3.55. The molecule has 0 aliphatic carbocycles. The molecular weight excluding hydrogens is 276 g/mol. The molecule has 0 bridgehead atoms. The minimum absolute atomic E-state index is 0.0963. The summed E-state index contributed by atoms with van der Waals surface area (Å²) in [5, 5.41) is 15.4. The number of thioether (sulfide) groups is 1. The first kappa shape index (κ1) is 17.3. The zero-order chi connectivity index (χ0) is 14.8. The van der Waals surface area contributed by atoms with Gasteiger partial charge in [-0.25, -0.2) is 0 Å². The average Bonchev–Trinajstić information content (AvgIpc) is 2.44. The van der Waals surface area contributed by atoms with E-state index < -0.39 is 5.97 Å². The van der Waals surface area contributed by atoms with Crippen molar-refractivity contribution in [2.24, 2.45) is 5.92 Å². The minimum atomic E-state index is -0.751. The number of hydrogen-bond donors (Lipinski definition) is 3. The summed E-state index contributed by atoms with van der Waals surface area (Å²) in [6.07, 6.45) is 4.01. The van der Waals surface area contributed by atoms with Crippen LogP contribution in [0.2, 0.25) is 0 Å². The van der Waals surface area contributed by atoms with E-state index in [9.17, 15) is 9.59 Å². The highest BCUT2D eigenvalue weighted by Crippen LogP contribution is 2.19. The molecule has 1 atom stereocenters. The predicted octanol–water partition coefficient (Wildman–Crippen LogP) is 1.48. The number of rotatable bonds is 9. The van der Waals surface area contributed by atoms with Gasteiger partial charge in [0.1, 0.15) is 0 Å². The molecule has 0 saturated carbocycles. The molecule has 1 rings (SSSR count). The van der Waals surface area contributed by atoms with Crippen LogP contribution in [0.25, 0.3) is 0 Å². The van der Waals surface area contributed by atoms with E-state index in [1.54, 1.807) is 11.8 Å². The fourth-order valence-electron chi connectivity index (χ4n) is 2.18. The second-order valence-corrected chi connectivity index (χ2v) is 6.73. The Balaban J connectivity index is 2.00. The Kier molecular flexibility index (Phi) is 8.69. The molecule has 1 saturated heterocycles. The maximum atomic E-state index is 11.7. The molecule has 1 heterocycles. The maximum absolute atomic E-state index is 11.7. The van der Waals surface area contributed by atoms with E-state index in [0.717, 1.165) is 32.4 Å². The summed E-state index contributed by atoms with van der Waals surface area (Å²) in [7, 11) is 0. The van der Waals surface area contributed by atoms with Crippen molar-refractivity contribution in [1.29, 1.82) is 0 Å². The molecule has 0 aromatic heterocycles. The number of piperidine rings is 1. The van der Waals surface area contributed by atoms with Crippen LogP contribution < -0.4 is 10.6 Å². The third-order valence-corrected chi connectivity index (χ3v) is 4.92. The molecule has 0 aromatic rings. The second-order valence-electron chi connectivity index (χ2n) is 5.44. The van der Waals surface area contributed by atoms with Gasteiger partial charge in [-0.1, -0.05) is 6.92 Å². The largest absolute Gasteiger partial charge is 0.481 e. The van der Waals surface area contributed by atoms with Crippen molar-refractivity contribution in [3.8, 4) is 0 Å². The standard InChI is InChI=1S/C14H26N2O3S/c1-11(2-3-14(18)19)4-9-16-13(17)10-20-12-5-7-15-8-6-12/h11-12,15H,2-10H2,1H3,(H,16,17)(H,18,19). The van der Waals surface area contributed by atoms with Gasteiger partial charge in [0.25, 0.3) is 0 Å². The first-order valence-corrected chi connectivity index (χ1v) is 8.43. The maximum Gasteiger partial charge on any atom is 0.303 e. The average molecular weight is 302 g/mol. The topological polar surface area (TPSA) is 78.4 Å². The van der Waals surface area contributed by atoms with Crippen molar-refractivity contribution < 1.29 is 14.7 Å². The van der Waals surface area contributed by atoms with Crippen molar-refractivity contribution in [2.75, 3.05) is 25.4 Å². The Labute approximate surface area is 125 Å². The van der Waals surface area contributed by atoms with E-state index in [-0.39, 0.29) is 12.3 Å². The lowest BCUT2D eigenvalue weighted by Gasteiger charge is -2.21. The first-order chi connectivity index (χ1) is 9.58. The molecule has 1 aliphatic rings. The summed E-state index contributed by atoms with van der Waals surface area (Å²) < 4.78 is 0. The third kappa shape index (κ3) is 8.43. The van der Waals surface area contributed by atoms with Gasteiger partial charge in [0, 0.05) is 18.2 Å². The van der Waals surface area contributed by atoms with Gasteiger partial charge in [-0.15, -0.1) is 11.8 Å². The van der Waals surface area contributed by atoms with Crippen molar-refractivity contribution >= 4 is 23.6 Å². The van der Waals surface area contributed by atoms with Gasteiger partial charge in [-0.05, 0) is 44.7 Å². The normalized spacial score (nSPS) is 17.6. The van der Waals surface area contributed by atoms with Crippen LogP contribution in [-0.2, 0) is 9.59 Å². The lowest BCUT2D eigenvalue weighted by Crippen LogP contribution is -2.32. The summed E-state index contributed by atoms with van der Waals surface area (Å²) in [6.45, 7) is 4.78. The number of carbonyl (C=O) groups is 2. The summed E-state index contributed by atoms with van der Waals surface area (Å²) in [4.78, 5) is 22.1. The summed E-state index contributed by atoms with van der Waals surface area (Å²) in [6, 6.07) is 0. The Morgan fingerprint density at radius 1 is 1.35 bits per heavy atom. The number of aliphatic carboxylic acids is 1. The number of carbonyl (C=O) groups excluding carboxylic acids is 1. The van der Waals surface area contributed by atoms with Gasteiger partial charge in [0.05, 0.1) is 5.75 Å². The van der Waals surface area contributed by atoms with Crippen LogP contribution in [0.1, 0.15) is 39.0 Å². The minimum Gasteiger partial charge on any atom is -0.481 e. The highest BCUT2D eigenvalue weighted by molar-refractivity contribution is 8.00. The van der Waals surface area contributed by atoms with E-state index >= 15 is 0 Å². The van der Waals surface area contributed by atoms with Crippen LogP contribution in [0.3, 0.4) is 0 Å². The molecule has 1 unspecified atom stereocenters. The Morgan fingerprint density at radius 3 is 2.70 bits per heavy atom. The van der Waals surface area contributed by atoms with E-state index in [4.69, 9.17) is 5.11 Å². The lowest BCUT2D eigenvalue weighted by molar-refractivity contribution is -0.137. The summed E-state index contributed by atoms with van der Waals surface area (Å²) in [5.74, 6) is 0.218. The molecule has 1 amide bonds. The van der Waals surface area contributed by atoms with E-state index in [1.807, 2.05) is 6.92 Å². The number of hydrogen-bond acceptors (Lipinski definition) is 4. The molecule has 3 N–H and O–H groups in total. The lowest BCUT2D eigenvalue weighted by atomic mass is 10.0. The van der Waals surface area contributed by atoms with Crippen LogP contribution in [-0.4, -0.2) is 47.6 Å². The molecule has 1 aliphatic heterocycles. The molecule has 0 aromatic carbocycles. The molecule has 1 fully saturated rings. The number of amides is 1. The van der Waals surface area contributed by atoms with E-state index in [1.165, 1.54) is 0 Å². The highest BCUT2D eigenvalue weighted by Gasteiger charge is 2.14. The zero-order valence-corrected chi connectivity index (χ0v) is 13.0. The molecule has 116 valence electrons. The molecular formula is C14H26N2O3S. The molecule has 0 spiro atoms. The van der Waals surface area contributed by atoms with Crippen molar-refractivity contribution in [3.05, 3.63) is 0 Å². The van der Waals surface area contributed by atoms with Gasteiger partial charge >= 0.3 is 5.97 Å². The number of carboxylic acid groups (broad SMARTS) is 1. The van der Waals surface area contributed by atoms with E-state index in [2.05, 4.69) is 10.6 Å². The van der Waals surface area contributed by atoms with Crippen molar-refractivity contribution in [1.82, 2.24) is 10.6 Å². The van der Waals surface area contributed by atoms with Crippen molar-refractivity contribution in [3.63, 3.8) is 0 Å². The smallest absolute Gasteiger partial charge is 0.303 e. The quantitative estimate of drug-likeness (QED) is 0.601. The Bertz CT molecular complexity index is 307. The first-order valence-electron chi connectivity index (χ1n) is 7.38. The number of nitrogens with one attached hydrogen (secondary N) is 2. The SMILES string of the molecule is CC(CCNC(=O)CSC1CCNCC1)CCC(=O)O. The highest BCUT2D eigenvalue weighted by atomic mass is 32.2. The second kappa shape index (κ2) is 10.0. The summed E-state index contributed by atoms with van der Waals surface area (Å²) >= 11 is 1.75.